The third-order valence-corrected chi connectivity index (χ3v) is 4.79. The van der Waals surface area contributed by atoms with E-state index in [0.29, 0.717) is 12.1 Å². The van der Waals surface area contributed by atoms with E-state index < -0.39 is 0 Å². The molecule has 1 N–H and O–H groups in total. The Labute approximate surface area is 139 Å². The minimum atomic E-state index is -0.0632. The Hall–Kier alpha value is -1.63. The zero-order valence-electron chi connectivity index (χ0n) is 13.5. The molecule has 7 heteroatoms. The van der Waals surface area contributed by atoms with Gasteiger partial charge >= 0.3 is 0 Å². The van der Waals surface area contributed by atoms with E-state index in [2.05, 4.69) is 31.4 Å². The Morgan fingerprint density at radius 3 is 2.55 bits per heavy atom. The first kappa shape index (κ1) is 16.7. The van der Waals surface area contributed by atoms with Crippen LogP contribution in [-0.2, 0) is 13.1 Å². The van der Waals surface area contributed by atoms with Crippen molar-refractivity contribution in [2.75, 3.05) is 6.54 Å². The van der Waals surface area contributed by atoms with Gasteiger partial charge in [0.15, 0.2) is 0 Å². The zero-order chi connectivity index (χ0) is 16.3. The smallest absolute Gasteiger partial charge is 0.254 e. The van der Waals surface area contributed by atoms with Gasteiger partial charge < -0.3 is 5.32 Å². The predicted molar refractivity (Wildman–Crippen MR) is 89.0 cm³/mol. The molecule has 1 amide bonds. The Morgan fingerprint density at radius 2 is 2.00 bits per heavy atom. The molecule has 2 heterocycles. The Balaban J connectivity index is 1.84. The van der Waals surface area contributed by atoms with Crippen LogP contribution < -0.4 is 5.32 Å². The zero-order valence-corrected chi connectivity index (χ0v) is 15.1. The average molecular weight is 368 g/mol. The lowest BCUT2D eigenvalue weighted by Gasteiger charge is -2.06. The molecule has 0 aromatic carbocycles. The lowest BCUT2D eigenvalue weighted by Crippen LogP contribution is -2.25. The number of hydrogen-bond donors (Lipinski definition) is 1. The molecule has 6 nitrogen and oxygen atoms in total. The highest BCUT2D eigenvalue weighted by Crippen LogP contribution is 2.19. The topological polar surface area (TPSA) is 64.7 Å². The predicted octanol–water partition coefficient (Wildman–Crippen LogP) is 2.61. The van der Waals surface area contributed by atoms with Gasteiger partial charge in [0.2, 0.25) is 0 Å². The van der Waals surface area contributed by atoms with Crippen LogP contribution in [0.15, 0.2) is 10.7 Å². The van der Waals surface area contributed by atoms with Crippen LogP contribution in [0.2, 0.25) is 0 Å². The first-order valence-electron chi connectivity index (χ1n) is 7.45. The Bertz CT molecular complexity index is 674. The summed E-state index contributed by atoms with van der Waals surface area (Å²) in [5.41, 5.74) is 3.52. The third kappa shape index (κ3) is 3.58. The van der Waals surface area contributed by atoms with Gasteiger partial charge in [0, 0.05) is 31.5 Å². The summed E-state index contributed by atoms with van der Waals surface area (Å²) in [6.45, 7) is 10.0. The summed E-state index contributed by atoms with van der Waals surface area (Å²) in [7, 11) is 0. The van der Waals surface area contributed by atoms with Crippen LogP contribution in [0.3, 0.4) is 0 Å². The molecule has 0 aliphatic rings. The Morgan fingerprint density at radius 1 is 1.27 bits per heavy atom. The summed E-state index contributed by atoms with van der Waals surface area (Å²) in [6.07, 6.45) is 2.63. The van der Waals surface area contributed by atoms with Crippen LogP contribution >= 0.6 is 15.9 Å². The normalized spacial score (nSPS) is 11.0. The summed E-state index contributed by atoms with van der Waals surface area (Å²) in [4.78, 5) is 12.1. The molecule has 0 aliphatic carbocycles. The summed E-state index contributed by atoms with van der Waals surface area (Å²) >= 11 is 3.52. The molecule has 22 heavy (non-hydrogen) atoms. The van der Waals surface area contributed by atoms with Crippen LogP contribution in [-0.4, -0.2) is 32.0 Å². The second-order valence-corrected chi connectivity index (χ2v) is 6.09. The number of carbonyl (C=O) groups excluding carboxylic acids is 1. The lowest BCUT2D eigenvalue weighted by molar-refractivity contribution is 0.0952. The van der Waals surface area contributed by atoms with Crippen molar-refractivity contribution in [3.05, 3.63) is 33.3 Å². The fraction of sp³-hybridized carbons (Fsp3) is 0.533. The van der Waals surface area contributed by atoms with Gasteiger partial charge in [0.1, 0.15) is 0 Å². The summed E-state index contributed by atoms with van der Waals surface area (Å²) in [6, 6.07) is 0. The van der Waals surface area contributed by atoms with Crippen molar-refractivity contribution in [3.8, 4) is 0 Å². The molecule has 0 spiro atoms. The second kappa shape index (κ2) is 7.09. The number of halogens is 1. The molecule has 2 rings (SSSR count). The number of aromatic nitrogens is 4. The van der Waals surface area contributed by atoms with E-state index in [1.54, 1.807) is 10.9 Å². The quantitative estimate of drug-likeness (QED) is 0.798. The first-order valence-corrected chi connectivity index (χ1v) is 8.25. The van der Waals surface area contributed by atoms with E-state index in [4.69, 9.17) is 0 Å². The second-order valence-electron chi connectivity index (χ2n) is 5.30. The number of hydrogen-bond acceptors (Lipinski definition) is 3. The maximum Gasteiger partial charge on any atom is 0.254 e. The van der Waals surface area contributed by atoms with Gasteiger partial charge in [-0.15, -0.1) is 0 Å². The molecule has 0 saturated carbocycles. The van der Waals surface area contributed by atoms with Crippen molar-refractivity contribution < 1.29 is 4.79 Å². The van der Waals surface area contributed by atoms with Crippen molar-refractivity contribution in [2.45, 2.75) is 47.2 Å². The van der Waals surface area contributed by atoms with Crippen LogP contribution in [0.25, 0.3) is 0 Å². The first-order chi connectivity index (χ1) is 10.4. The molecular formula is C15H22BrN5O. The molecule has 2 aromatic heterocycles. The van der Waals surface area contributed by atoms with Gasteiger partial charge in [-0.05, 0) is 50.0 Å². The number of nitrogens with one attached hydrogen (secondary N) is 1. The molecule has 0 radical (unpaired) electrons. The van der Waals surface area contributed by atoms with Crippen LogP contribution in [0.4, 0.5) is 0 Å². The lowest BCUT2D eigenvalue weighted by atomic mass is 10.2. The number of carbonyl (C=O) groups is 1. The number of amides is 1. The van der Waals surface area contributed by atoms with Gasteiger partial charge in [0.05, 0.1) is 21.4 Å². The summed E-state index contributed by atoms with van der Waals surface area (Å²) in [5.74, 6) is -0.0632. The largest absolute Gasteiger partial charge is 0.352 e. The van der Waals surface area contributed by atoms with E-state index in [1.165, 1.54) is 0 Å². The SMILES string of the molecule is CCn1cc(C(=O)NCCCn2nc(C)c(Br)c2C)c(C)n1. The maximum absolute atomic E-state index is 12.1. The Kier molecular flexibility index (Phi) is 5.39. The standard InChI is InChI=1S/C15H22BrN5O/c1-5-20-9-13(10(2)18-20)15(22)17-7-6-8-21-12(4)14(16)11(3)19-21/h9H,5-8H2,1-4H3,(H,17,22). The highest BCUT2D eigenvalue weighted by atomic mass is 79.9. The molecule has 0 atom stereocenters. The monoisotopic (exact) mass is 367 g/mol. The fourth-order valence-electron chi connectivity index (χ4n) is 2.32. The van der Waals surface area contributed by atoms with Gasteiger partial charge in [0.25, 0.3) is 5.91 Å². The average Bonchev–Trinajstić information content (AvgIpc) is 2.99. The van der Waals surface area contributed by atoms with Gasteiger partial charge in [-0.3, -0.25) is 14.2 Å². The van der Waals surface area contributed by atoms with Crippen LogP contribution in [0, 0.1) is 20.8 Å². The molecule has 120 valence electrons. The number of aryl methyl sites for hydroxylation is 4. The molecular weight excluding hydrogens is 346 g/mol. The molecule has 0 aliphatic heterocycles. The van der Waals surface area contributed by atoms with E-state index in [0.717, 1.165) is 41.1 Å². The van der Waals surface area contributed by atoms with Crippen molar-refractivity contribution >= 4 is 21.8 Å². The van der Waals surface area contributed by atoms with Gasteiger partial charge in [-0.25, -0.2) is 0 Å². The van der Waals surface area contributed by atoms with E-state index >= 15 is 0 Å². The van der Waals surface area contributed by atoms with Crippen LogP contribution in [0.5, 0.6) is 0 Å². The molecule has 0 bridgehead atoms. The van der Waals surface area contributed by atoms with E-state index in [9.17, 15) is 4.79 Å². The molecule has 2 aromatic rings. The minimum absolute atomic E-state index is 0.0632. The third-order valence-electron chi connectivity index (χ3n) is 3.64. The van der Waals surface area contributed by atoms with E-state index in [-0.39, 0.29) is 5.91 Å². The van der Waals surface area contributed by atoms with E-state index in [1.807, 2.05) is 32.4 Å². The highest BCUT2D eigenvalue weighted by molar-refractivity contribution is 9.10. The number of rotatable bonds is 6. The van der Waals surface area contributed by atoms with Crippen molar-refractivity contribution in [1.82, 2.24) is 24.9 Å². The summed E-state index contributed by atoms with van der Waals surface area (Å²) in [5, 5.41) is 11.7. The van der Waals surface area contributed by atoms with Crippen molar-refractivity contribution in [1.29, 1.82) is 0 Å². The molecule has 0 fully saturated rings. The molecule has 0 saturated heterocycles. The van der Waals surface area contributed by atoms with Crippen LogP contribution in [0.1, 0.15) is 40.8 Å². The van der Waals surface area contributed by atoms with Gasteiger partial charge in [-0.2, -0.15) is 10.2 Å². The fourth-order valence-corrected chi connectivity index (χ4v) is 2.61. The molecule has 0 unspecified atom stereocenters. The highest BCUT2D eigenvalue weighted by Gasteiger charge is 2.13. The van der Waals surface area contributed by atoms with Crippen molar-refractivity contribution in [2.24, 2.45) is 0 Å². The van der Waals surface area contributed by atoms with Crippen molar-refractivity contribution in [3.63, 3.8) is 0 Å². The summed E-state index contributed by atoms with van der Waals surface area (Å²) < 4.78 is 4.79. The van der Waals surface area contributed by atoms with Gasteiger partial charge in [-0.1, -0.05) is 0 Å². The number of nitrogens with zero attached hydrogens (tertiary/aromatic N) is 4. The maximum atomic E-state index is 12.1. The minimum Gasteiger partial charge on any atom is -0.352 e.